The molecule has 0 saturated heterocycles. The Hall–Kier alpha value is -3.57. The van der Waals surface area contributed by atoms with Gasteiger partial charge in [0, 0.05) is 23.9 Å². The Kier molecular flexibility index (Phi) is 9.70. The Labute approximate surface area is 195 Å². The second-order valence-corrected chi connectivity index (χ2v) is 7.35. The third-order valence-corrected chi connectivity index (χ3v) is 4.90. The Morgan fingerprint density at radius 3 is 1.97 bits per heavy atom. The Morgan fingerprint density at radius 1 is 0.939 bits per heavy atom. The van der Waals surface area contributed by atoms with E-state index in [2.05, 4.69) is 41.2 Å². The van der Waals surface area contributed by atoms with Crippen molar-refractivity contribution in [3.05, 3.63) is 88.3 Å². The van der Waals surface area contributed by atoms with Gasteiger partial charge in [0.15, 0.2) is 5.78 Å². The predicted octanol–water partition coefficient (Wildman–Crippen LogP) is 6.18. The predicted molar refractivity (Wildman–Crippen MR) is 137 cm³/mol. The molecule has 4 aromatic rings. The maximum absolute atomic E-state index is 12.1. The van der Waals surface area contributed by atoms with Crippen LogP contribution in [-0.4, -0.2) is 27.5 Å². The van der Waals surface area contributed by atoms with Crippen molar-refractivity contribution >= 4 is 16.7 Å². The molecular weight excluding hydrogens is 412 g/mol. The number of ketones is 1. The van der Waals surface area contributed by atoms with E-state index in [1.807, 2.05) is 45.0 Å². The van der Waals surface area contributed by atoms with Crippen LogP contribution in [0.2, 0.25) is 0 Å². The van der Waals surface area contributed by atoms with Gasteiger partial charge in [-0.25, -0.2) is 4.98 Å². The summed E-state index contributed by atoms with van der Waals surface area (Å²) < 4.78 is 0. The lowest BCUT2D eigenvalue weighted by molar-refractivity contribution is 0.101. The second-order valence-electron chi connectivity index (χ2n) is 7.35. The summed E-state index contributed by atoms with van der Waals surface area (Å²) in [5.74, 6) is -0.156. The van der Waals surface area contributed by atoms with Crippen molar-refractivity contribution in [3.8, 4) is 22.4 Å². The highest BCUT2D eigenvalue weighted by atomic mass is 16.2. The zero-order valence-corrected chi connectivity index (χ0v) is 20.0. The molecule has 5 nitrogen and oxygen atoms in total. The number of aryl methyl sites for hydroxylation is 1. The van der Waals surface area contributed by atoms with Gasteiger partial charge >= 0.3 is 0 Å². The zero-order chi connectivity index (χ0) is 24.4. The lowest BCUT2D eigenvalue weighted by atomic mass is 9.99. The SMILES string of the molecule is CC.CC(=O)c1cc(-c2ccc(-c3ccc(C)cc3)cc2)nc2cc[nH]c(=O)c12.CCCO. The van der Waals surface area contributed by atoms with Crippen LogP contribution >= 0.6 is 0 Å². The summed E-state index contributed by atoms with van der Waals surface area (Å²) in [6.45, 7) is 9.78. The molecule has 0 saturated carbocycles. The van der Waals surface area contributed by atoms with Crippen molar-refractivity contribution in [2.45, 2.75) is 41.0 Å². The molecule has 2 N–H and O–H groups in total. The summed E-state index contributed by atoms with van der Waals surface area (Å²) in [6.07, 6.45) is 2.42. The molecule has 5 heteroatoms. The molecule has 0 spiro atoms. The van der Waals surface area contributed by atoms with Crippen molar-refractivity contribution in [2.24, 2.45) is 0 Å². The number of aliphatic hydroxyl groups excluding tert-OH is 1. The number of carbonyl (C=O) groups excluding carboxylic acids is 1. The van der Waals surface area contributed by atoms with E-state index >= 15 is 0 Å². The minimum Gasteiger partial charge on any atom is -0.396 e. The van der Waals surface area contributed by atoms with Crippen LogP contribution in [0.4, 0.5) is 0 Å². The van der Waals surface area contributed by atoms with E-state index in [-0.39, 0.29) is 11.3 Å². The van der Waals surface area contributed by atoms with Crippen LogP contribution in [0.3, 0.4) is 0 Å². The first-order valence-corrected chi connectivity index (χ1v) is 11.3. The summed E-state index contributed by atoms with van der Waals surface area (Å²) in [7, 11) is 0. The van der Waals surface area contributed by atoms with Crippen LogP contribution in [0, 0.1) is 6.92 Å². The van der Waals surface area contributed by atoms with E-state index < -0.39 is 0 Å². The van der Waals surface area contributed by atoms with E-state index in [4.69, 9.17) is 5.11 Å². The van der Waals surface area contributed by atoms with Gasteiger partial charge in [-0.2, -0.15) is 0 Å². The Morgan fingerprint density at radius 2 is 1.45 bits per heavy atom. The number of pyridine rings is 2. The average molecular weight is 445 g/mol. The second kappa shape index (κ2) is 12.5. The highest BCUT2D eigenvalue weighted by Gasteiger charge is 2.13. The number of aromatic nitrogens is 2. The quantitative estimate of drug-likeness (QED) is 0.368. The van der Waals surface area contributed by atoms with Gasteiger partial charge in [0.25, 0.3) is 5.56 Å². The number of fused-ring (bicyclic) bond motifs is 1. The smallest absolute Gasteiger partial charge is 0.258 e. The van der Waals surface area contributed by atoms with Gasteiger partial charge in [0.2, 0.25) is 0 Å². The standard InChI is InChI=1S/C23H18N2O2.C3H8O.C2H6/c1-14-3-5-16(6-4-14)17-7-9-18(10-8-17)21-13-19(15(2)26)22-20(25-21)11-12-24-23(22)27;1-2-3-4;1-2/h3-13H,1-2H3,(H,24,27);4H,2-3H2,1H3;1-2H3. The van der Waals surface area contributed by atoms with E-state index in [0.29, 0.717) is 28.8 Å². The Balaban J connectivity index is 0.000000582. The molecule has 0 amide bonds. The van der Waals surface area contributed by atoms with E-state index in [1.54, 1.807) is 18.3 Å². The molecule has 0 aliphatic heterocycles. The number of nitrogens with one attached hydrogen (secondary N) is 1. The van der Waals surface area contributed by atoms with E-state index in [0.717, 1.165) is 23.1 Å². The first-order valence-electron chi connectivity index (χ1n) is 11.3. The van der Waals surface area contributed by atoms with Crippen LogP contribution in [0.25, 0.3) is 33.3 Å². The molecule has 4 rings (SSSR count). The molecule has 2 aromatic heterocycles. The van der Waals surface area contributed by atoms with Crippen molar-refractivity contribution < 1.29 is 9.90 Å². The molecule has 2 heterocycles. The topological polar surface area (TPSA) is 83.0 Å². The molecule has 172 valence electrons. The van der Waals surface area contributed by atoms with Crippen LogP contribution in [0.1, 0.15) is 50.0 Å². The molecule has 0 aliphatic rings. The maximum atomic E-state index is 12.1. The normalized spacial score (nSPS) is 10.0. The van der Waals surface area contributed by atoms with Gasteiger partial charge in [0.05, 0.1) is 16.6 Å². The fraction of sp³-hybridized carbons (Fsp3) is 0.250. The monoisotopic (exact) mass is 444 g/mol. The molecule has 0 radical (unpaired) electrons. The molecule has 0 fully saturated rings. The number of rotatable bonds is 4. The fourth-order valence-corrected chi connectivity index (χ4v) is 3.20. The summed E-state index contributed by atoms with van der Waals surface area (Å²) in [5, 5.41) is 8.21. The van der Waals surface area contributed by atoms with Crippen LogP contribution in [0.15, 0.2) is 71.7 Å². The molecule has 0 atom stereocenters. The van der Waals surface area contributed by atoms with Crippen LogP contribution in [-0.2, 0) is 0 Å². The zero-order valence-electron chi connectivity index (χ0n) is 20.0. The van der Waals surface area contributed by atoms with Crippen molar-refractivity contribution in [1.82, 2.24) is 9.97 Å². The van der Waals surface area contributed by atoms with Crippen molar-refractivity contribution in [2.75, 3.05) is 6.61 Å². The van der Waals surface area contributed by atoms with Gasteiger partial charge in [-0.1, -0.05) is 74.9 Å². The molecule has 0 unspecified atom stereocenters. The number of nitrogens with zero attached hydrogens (tertiary/aromatic N) is 1. The molecule has 2 aromatic carbocycles. The number of hydrogen-bond donors (Lipinski definition) is 2. The van der Waals surface area contributed by atoms with Crippen molar-refractivity contribution in [3.63, 3.8) is 0 Å². The number of H-pyrrole nitrogens is 1. The van der Waals surface area contributed by atoms with Crippen LogP contribution in [0.5, 0.6) is 0 Å². The summed E-state index contributed by atoms with van der Waals surface area (Å²) in [4.78, 5) is 31.4. The molecule has 33 heavy (non-hydrogen) atoms. The third kappa shape index (κ3) is 6.46. The summed E-state index contributed by atoms with van der Waals surface area (Å²) in [5.41, 5.74) is 5.67. The number of aromatic amines is 1. The third-order valence-electron chi connectivity index (χ3n) is 4.90. The van der Waals surface area contributed by atoms with Gasteiger partial charge in [0.1, 0.15) is 0 Å². The number of Topliss-reactive ketones (excluding diaryl/α,β-unsaturated/α-hetero) is 1. The number of aliphatic hydroxyl groups is 1. The van der Waals surface area contributed by atoms with Crippen LogP contribution < -0.4 is 5.56 Å². The first kappa shape index (κ1) is 25.7. The number of benzene rings is 2. The first-order chi connectivity index (χ1) is 15.9. The van der Waals surface area contributed by atoms with Gasteiger partial charge in [-0.3, -0.25) is 9.59 Å². The van der Waals surface area contributed by atoms with Gasteiger partial charge in [-0.15, -0.1) is 0 Å². The number of hydrogen-bond acceptors (Lipinski definition) is 4. The fourth-order valence-electron chi connectivity index (χ4n) is 3.20. The van der Waals surface area contributed by atoms with Crippen molar-refractivity contribution in [1.29, 1.82) is 0 Å². The summed E-state index contributed by atoms with van der Waals surface area (Å²) >= 11 is 0. The largest absolute Gasteiger partial charge is 0.396 e. The highest BCUT2D eigenvalue weighted by Crippen LogP contribution is 2.26. The van der Waals surface area contributed by atoms with Gasteiger partial charge < -0.3 is 10.1 Å². The van der Waals surface area contributed by atoms with E-state index in [1.165, 1.54) is 12.5 Å². The lowest BCUT2D eigenvalue weighted by Gasteiger charge is -2.08. The lowest BCUT2D eigenvalue weighted by Crippen LogP contribution is -2.10. The minimum atomic E-state index is -0.300. The molecule has 0 aliphatic carbocycles. The van der Waals surface area contributed by atoms with E-state index in [9.17, 15) is 9.59 Å². The molecule has 0 bridgehead atoms. The highest BCUT2D eigenvalue weighted by molar-refractivity contribution is 6.06. The van der Waals surface area contributed by atoms with Gasteiger partial charge in [-0.05, 0) is 43.5 Å². The minimum absolute atomic E-state index is 0.156. The Bertz CT molecular complexity index is 1240. The average Bonchev–Trinajstić information content (AvgIpc) is 2.85. The molecular formula is C28H32N2O3. The number of carbonyl (C=O) groups is 1. The maximum Gasteiger partial charge on any atom is 0.258 e. The summed E-state index contributed by atoms with van der Waals surface area (Å²) in [6, 6.07) is 19.8.